The molecule has 1 aromatic carbocycles. The number of aromatic nitrogens is 2. The summed E-state index contributed by atoms with van der Waals surface area (Å²) in [6, 6.07) is 7.90. The van der Waals surface area contributed by atoms with Gasteiger partial charge in [-0.3, -0.25) is 4.79 Å². The summed E-state index contributed by atoms with van der Waals surface area (Å²) in [5, 5.41) is 9.23. The third-order valence-electron chi connectivity index (χ3n) is 3.58. The molecule has 0 aliphatic heterocycles. The summed E-state index contributed by atoms with van der Waals surface area (Å²) in [6.07, 6.45) is 0. The zero-order chi connectivity index (χ0) is 17.4. The van der Waals surface area contributed by atoms with Crippen molar-refractivity contribution in [3.05, 3.63) is 62.4 Å². The van der Waals surface area contributed by atoms with Gasteiger partial charge in [0.05, 0.1) is 24.6 Å². The minimum atomic E-state index is -0.919. The fraction of sp³-hybridized carbons (Fsp3) is 0.125. The van der Waals surface area contributed by atoms with E-state index in [2.05, 4.69) is 4.98 Å². The van der Waals surface area contributed by atoms with Gasteiger partial charge in [-0.1, -0.05) is 35.3 Å². The van der Waals surface area contributed by atoms with E-state index in [-0.39, 0.29) is 22.6 Å². The van der Waals surface area contributed by atoms with Gasteiger partial charge in [-0.2, -0.15) is 0 Å². The topological polar surface area (TPSA) is 64.3 Å². The minimum absolute atomic E-state index is 0.0627. The monoisotopic (exact) mass is 368 g/mol. The van der Waals surface area contributed by atoms with Crippen LogP contribution < -0.4 is 10.3 Å². The van der Waals surface area contributed by atoms with E-state index < -0.39 is 22.3 Å². The first-order valence-electron chi connectivity index (χ1n) is 6.82. The summed E-state index contributed by atoms with van der Waals surface area (Å²) >= 11 is 11.7. The van der Waals surface area contributed by atoms with Gasteiger partial charge in [0.1, 0.15) is 16.7 Å². The van der Waals surface area contributed by atoms with Crippen LogP contribution in [0.1, 0.15) is 5.56 Å². The van der Waals surface area contributed by atoms with Gasteiger partial charge in [0.15, 0.2) is 11.0 Å². The average Bonchev–Trinajstić information content (AvgIpc) is 2.55. The van der Waals surface area contributed by atoms with Crippen LogP contribution in [0.4, 0.5) is 4.39 Å². The Hall–Kier alpha value is -2.31. The normalized spacial score (nSPS) is 11.0. The first-order valence-corrected chi connectivity index (χ1v) is 7.58. The van der Waals surface area contributed by atoms with E-state index in [1.807, 2.05) is 0 Å². The minimum Gasteiger partial charge on any atom is -0.507 e. The molecule has 0 unspecified atom stereocenters. The molecule has 0 saturated heterocycles. The van der Waals surface area contributed by atoms with Crippen molar-refractivity contribution in [1.82, 2.24) is 9.55 Å². The number of ether oxygens (including phenoxy) is 1. The molecule has 3 aromatic rings. The zero-order valence-corrected chi connectivity index (χ0v) is 13.9. The standard InChI is InChI=1S/C16H11Cl2FN2O3/c1-24-9-4-2-8(3-5-9)7-21-11(23)6-10(22)12-14(21)13(19)16(18)20-15(12)17/h2-6,22H,7H2,1H3. The molecule has 1 N–H and O–H groups in total. The number of methoxy groups -OCH3 is 1. The molecular formula is C16H11Cl2FN2O3. The number of nitrogens with zero attached hydrogens (tertiary/aromatic N) is 2. The van der Waals surface area contributed by atoms with Crippen LogP contribution in [0.2, 0.25) is 10.3 Å². The summed E-state index contributed by atoms with van der Waals surface area (Å²) in [4.78, 5) is 15.9. The zero-order valence-electron chi connectivity index (χ0n) is 12.4. The van der Waals surface area contributed by atoms with Gasteiger partial charge in [-0.15, -0.1) is 0 Å². The Bertz CT molecular complexity index is 988. The number of hydrogen-bond acceptors (Lipinski definition) is 4. The molecule has 0 bridgehead atoms. The van der Waals surface area contributed by atoms with E-state index >= 15 is 0 Å². The highest BCUT2D eigenvalue weighted by Crippen LogP contribution is 2.33. The Balaban J connectivity index is 2.25. The Morgan fingerprint density at radius 2 is 1.92 bits per heavy atom. The highest BCUT2D eigenvalue weighted by atomic mass is 35.5. The molecule has 0 aliphatic rings. The molecule has 0 atom stereocenters. The molecule has 124 valence electrons. The van der Waals surface area contributed by atoms with Crippen molar-refractivity contribution in [2.45, 2.75) is 6.54 Å². The second-order valence-electron chi connectivity index (χ2n) is 5.03. The fourth-order valence-electron chi connectivity index (χ4n) is 2.42. The van der Waals surface area contributed by atoms with E-state index in [9.17, 15) is 14.3 Å². The molecule has 0 spiro atoms. The maximum atomic E-state index is 14.5. The van der Waals surface area contributed by atoms with Gasteiger partial charge in [-0.25, -0.2) is 9.37 Å². The average molecular weight is 369 g/mol. The van der Waals surface area contributed by atoms with Crippen LogP contribution in [0.15, 0.2) is 35.1 Å². The van der Waals surface area contributed by atoms with Gasteiger partial charge >= 0.3 is 0 Å². The van der Waals surface area contributed by atoms with Crippen LogP contribution >= 0.6 is 23.2 Å². The molecule has 0 fully saturated rings. The second kappa shape index (κ2) is 6.30. The Morgan fingerprint density at radius 1 is 1.25 bits per heavy atom. The van der Waals surface area contributed by atoms with Crippen LogP contribution in [0.3, 0.4) is 0 Å². The summed E-state index contributed by atoms with van der Waals surface area (Å²) < 4.78 is 20.7. The molecule has 0 saturated carbocycles. The van der Waals surface area contributed by atoms with Crippen LogP contribution in [0.25, 0.3) is 10.9 Å². The van der Waals surface area contributed by atoms with Crippen molar-refractivity contribution < 1.29 is 14.2 Å². The number of aromatic hydroxyl groups is 1. The van der Waals surface area contributed by atoms with E-state index in [0.29, 0.717) is 5.75 Å². The molecule has 8 heteroatoms. The molecular weight excluding hydrogens is 358 g/mol. The lowest BCUT2D eigenvalue weighted by atomic mass is 10.2. The number of halogens is 3. The van der Waals surface area contributed by atoms with Gasteiger partial charge in [0.2, 0.25) is 0 Å². The van der Waals surface area contributed by atoms with Crippen molar-refractivity contribution in [3.63, 3.8) is 0 Å². The van der Waals surface area contributed by atoms with Crippen molar-refractivity contribution >= 4 is 34.1 Å². The summed E-state index contributed by atoms with van der Waals surface area (Å²) in [6.45, 7) is 0.0627. The van der Waals surface area contributed by atoms with E-state index in [0.717, 1.165) is 16.2 Å². The Kier molecular flexibility index (Phi) is 4.34. The van der Waals surface area contributed by atoms with E-state index in [4.69, 9.17) is 27.9 Å². The van der Waals surface area contributed by atoms with Gasteiger partial charge in [0, 0.05) is 6.07 Å². The first kappa shape index (κ1) is 16.5. The highest BCUT2D eigenvalue weighted by molar-refractivity contribution is 6.37. The second-order valence-corrected chi connectivity index (χ2v) is 5.75. The van der Waals surface area contributed by atoms with Crippen LogP contribution in [-0.2, 0) is 6.54 Å². The van der Waals surface area contributed by atoms with Crippen molar-refractivity contribution in [2.75, 3.05) is 7.11 Å². The molecule has 0 radical (unpaired) electrons. The molecule has 2 heterocycles. The Morgan fingerprint density at radius 3 is 2.54 bits per heavy atom. The van der Waals surface area contributed by atoms with Crippen LogP contribution in [-0.4, -0.2) is 21.8 Å². The number of rotatable bonds is 3. The Labute approximate surface area is 145 Å². The maximum absolute atomic E-state index is 14.5. The summed E-state index contributed by atoms with van der Waals surface area (Å²) in [7, 11) is 1.54. The lowest BCUT2D eigenvalue weighted by Gasteiger charge is -2.13. The molecule has 0 amide bonds. The van der Waals surface area contributed by atoms with Crippen LogP contribution in [0.5, 0.6) is 11.5 Å². The first-order chi connectivity index (χ1) is 11.4. The molecule has 2 aromatic heterocycles. The molecule has 3 rings (SSSR count). The predicted molar refractivity (Wildman–Crippen MR) is 89.7 cm³/mol. The molecule has 0 aliphatic carbocycles. The molecule has 24 heavy (non-hydrogen) atoms. The third-order valence-corrected chi connectivity index (χ3v) is 4.10. The lowest BCUT2D eigenvalue weighted by molar-refractivity contribution is 0.414. The predicted octanol–water partition coefficient (Wildman–Crippen LogP) is 3.60. The van der Waals surface area contributed by atoms with Crippen molar-refractivity contribution in [3.8, 4) is 11.5 Å². The van der Waals surface area contributed by atoms with Gasteiger partial charge in [0.25, 0.3) is 5.56 Å². The van der Waals surface area contributed by atoms with E-state index in [1.54, 1.807) is 31.4 Å². The fourth-order valence-corrected chi connectivity index (χ4v) is 2.91. The summed E-state index contributed by atoms with van der Waals surface area (Å²) in [5.41, 5.74) is -0.0535. The SMILES string of the molecule is COc1ccc(Cn2c(=O)cc(O)c3c(Cl)nc(Cl)c(F)c32)cc1. The quantitative estimate of drug-likeness (QED) is 0.717. The van der Waals surface area contributed by atoms with Gasteiger partial charge < -0.3 is 14.4 Å². The van der Waals surface area contributed by atoms with Crippen LogP contribution in [0, 0.1) is 5.82 Å². The van der Waals surface area contributed by atoms with Crippen molar-refractivity contribution in [1.29, 1.82) is 0 Å². The van der Waals surface area contributed by atoms with Crippen molar-refractivity contribution in [2.24, 2.45) is 0 Å². The highest BCUT2D eigenvalue weighted by Gasteiger charge is 2.20. The number of benzene rings is 1. The number of fused-ring (bicyclic) bond motifs is 1. The smallest absolute Gasteiger partial charge is 0.255 e. The maximum Gasteiger partial charge on any atom is 0.255 e. The largest absolute Gasteiger partial charge is 0.507 e. The lowest BCUT2D eigenvalue weighted by Crippen LogP contribution is -2.21. The third kappa shape index (κ3) is 2.79. The van der Waals surface area contributed by atoms with Gasteiger partial charge in [-0.05, 0) is 17.7 Å². The summed E-state index contributed by atoms with van der Waals surface area (Å²) in [5.74, 6) is -0.713. The number of hydrogen-bond donors (Lipinski definition) is 1. The van der Waals surface area contributed by atoms with E-state index in [1.165, 1.54) is 0 Å². The molecule has 5 nitrogen and oxygen atoms in total. The number of pyridine rings is 2.